The van der Waals surface area contributed by atoms with Gasteiger partial charge in [-0.15, -0.1) is 13.2 Å². The third-order valence-corrected chi connectivity index (χ3v) is 1.64. The van der Waals surface area contributed by atoms with E-state index in [2.05, 4.69) is 11.3 Å². The molecule has 0 atom stereocenters. The SMILES string of the molecule is C=Cc1ccc(OC(F)(F)F)c([N+](=O)[O-])c1. The molecule has 0 amide bonds. The van der Waals surface area contributed by atoms with Crippen LogP contribution in [-0.2, 0) is 0 Å². The predicted molar refractivity (Wildman–Crippen MR) is 49.9 cm³/mol. The number of hydrogen-bond acceptors (Lipinski definition) is 3. The van der Waals surface area contributed by atoms with Crippen molar-refractivity contribution in [1.29, 1.82) is 0 Å². The molecule has 0 unspecified atom stereocenters. The monoisotopic (exact) mass is 233 g/mol. The molecule has 16 heavy (non-hydrogen) atoms. The van der Waals surface area contributed by atoms with Crippen molar-refractivity contribution in [3.05, 3.63) is 40.5 Å². The Hall–Kier alpha value is -2.05. The van der Waals surface area contributed by atoms with Crippen LogP contribution in [0.5, 0.6) is 5.75 Å². The molecule has 0 fully saturated rings. The molecule has 0 aromatic heterocycles. The molecule has 1 rings (SSSR count). The van der Waals surface area contributed by atoms with Gasteiger partial charge in [-0.25, -0.2) is 0 Å². The van der Waals surface area contributed by atoms with Gasteiger partial charge >= 0.3 is 12.0 Å². The number of benzene rings is 1. The van der Waals surface area contributed by atoms with E-state index in [0.717, 1.165) is 12.1 Å². The molecule has 1 aromatic carbocycles. The Bertz CT molecular complexity index is 428. The van der Waals surface area contributed by atoms with Crippen LogP contribution in [0, 0.1) is 10.1 Å². The lowest BCUT2D eigenvalue weighted by atomic mass is 10.2. The minimum Gasteiger partial charge on any atom is -0.398 e. The summed E-state index contributed by atoms with van der Waals surface area (Å²) in [5.41, 5.74) is -0.420. The minimum atomic E-state index is -4.96. The third-order valence-electron chi connectivity index (χ3n) is 1.64. The first-order valence-corrected chi connectivity index (χ1v) is 4.00. The lowest BCUT2D eigenvalue weighted by Gasteiger charge is -2.09. The highest BCUT2D eigenvalue weighted by Crippen LogP contribution is 2.32. The predicted octanol–water partition coefficient (Wildman–Crippen LogP) is 3.14. The number of alkyl halides is 3. The molecule has 0 heterocycles. The van der Waals surface area contributed by atoms with Gasteiger partial charge in [0.1, 0.15) is 0 Å². The first-order chi connectivity index (χ1) is 7.33. The van der Waals surface area contributed by atoms with Crippen molar-refractivity contribution in [3.8, 4) is 5.75 Å². The van der Waals surface area contributed by atoms with E-state index in [1.54, 1.807) is 0 Å². The molecule has 0 radical (unpaired) electrons. The van der Waals surface area contributed by atoms with Gasteiger partial charge < -0.3 is 4.74 Å². The zero-order valence-electron chi connectivity index (χ0n) is 7.82. The third kappa shape index (κ3) is 2.97. The molecule has 0 aliphatic heterocycles. The number of halogens is 3. The lowest BCUT2D eigenvalue weighted by Crippen LogP contribution is -2.17. The van der Waals surface area contributed by atoms with E-state index in [9.17, 15) is 23.3 Å². The zero-order chi connectivity index (χ0) is 12.3. The van der Waals surface area contributed by atoms with Crippen LogP contribution in [0.2, 0.25) is 0 Å². The molecule has 7 heteroatoms. The molecule has 0 aliphatic carbocycles. The van der Waals surface area contributed by atoms with Gasteiger partial charge in [0.15, 0.2) is 0 Å². The van der Waals surface area contributed by atoms with E-state index in [-0.39, 0.29) is 0 Å². The van der Waals surface area contributed by atoms with E-state index >= 15 is 0 Å². The highest BCUT2D eigenvalue weighted by atomic mass is 19.4. The van der Waals surface area contributed by atoms with E-state index in [1.165, 1.54) is 12.1 Å². The van der Waals surface area contributed by atoms with Gasteiger partial charge in [-0.05, 0) is 11.6 Å². The average Bonchev–Trinajstić information content (AvgIpc) is 2.15. The largest absolute Gasteiger partial charge is 0.573 e. The van der Waals surface area contributed by atoms with Gasteiger partial charge in [0.25, 0.3) is 0 Å². The molecule has 1 aromatic rings. The van der Waals surface area contributed by atoms with E-state index in [4.69, 9.17) is 0 Å². The Labute approximate surface area is 88.1 Å². The Balaban J connectivity index is 3.18. The summed E-state index contributed by atoms with van der Waals surface area (Å²) in [5.74, 6) is -0.844. The first kappa shape index (κ1) is 12.0. The number of nitrogens with zero attached hydrogens (tertiary/aromatic N) is 1. The quantitative estimate of drug-likeness (QED) is 0.595. The van der Waals surface area contributed by atoms with Gasteiger partial charge in [0.2, 0.25) is 5.75 Å². The smallest absolute Gasteiger partial charge is 0.398 e. The van der Waals surface area contributed by atoms with Crippen LogP contribution in [-0.4, -0.2) is 11.3 Å². The summed E-state index contributed by atoms with van der Waals surface area (Å²) < 4.78 is 39.2. The van der Waals surface area contributed by atoms with Crippen LogP contribution in [0.4, 0.5) is 18.9 Å². The maximum absolute atomic E-state index is 11.9. The maximum atomic E-state index is 11.9. The molecule has 86 valence electrons. The van der Waals surface area contributed by atoms with E-state index < -0.39 is 22.7 Å². The minimum absolute atomic E-state index is 0.334. The molecule has 0 N–H and O–H groups in total. The molecule has 0 bridgehead atoms. The van der Waals surface area contributed by atoms with Crippen molar-refractivity contribution in [1.82, 2.24) is 0 Å². The van der Waals surface area contributed by atoms with Crippen LogP contribution in [0.3, 0.4) is 0 Å². The van der Waals surface area contributed by atoms with Crippen molar-refractivity contribution in [2.24, 2.45) is 0 Å². The van der Waals surface area contributed by atoms with Gasteiger partial charge in [-0.1, -0.05) is 18.7 Å². The summed E-state index contributed by atoms with van der Waals surface area (Å²) in [5, 5.41) is 10.5. The summed E-state index contributed by atoms with van der Waals surface area (Å²) in [7, 11) is 0. The Kier molecular flexibility index (Phi) is 3.17. The van der Waals surface area contributed by atoms with Crippen molar-refractivity contribution >= 4 is 11.8 Å². The molecule has 0 saturated carbocycles. The van der Waals surface area contributed by atoms with Gasteiger partial charge in [-0.3, -0.25) is 10.1 Å². The summed E-state index contributed by atoms with van der Waals surface area (Å²) in [4.78, 5) is 9.55. The van der Waals surface area contributed by atoms with Crippen LogP contribution < -0.4 is 4.74 Å². The first-order valence-electron chi connectivity index (χ1n) is 4.00. The zero-order valence-corrected chi connectivity index (χ0v) is 7.82. The van der Waals surface area contributed by atoms with Crippen LogP contribution in [0.1, 0.15) is 5.56 Å². The maximum Gasteiger partial charge on any atom is 0.573 e. The fraction of sp³-hybridized carbons (Fsp3) is 0.111. The second kappa shape index (κ2) is 4.21. The summed E-state index contributed by atoms with van der Waals surface area (Å²) >= 11 is 0. The van der Waals surface area contributed by atoms with Gasteiger partial charge in [-0.2, -0.15) is 0 Å². The highest BCUT2D eigenvalue weighted by Gasteiger charge is 2.34. The number of nitro groups is 1. The number of hydrogen-bond donors (Lipinski definition) is 0. The second-order valence-corrected chi connectivity index (χ2v) is 2.74. The molecule has 0 saturated heterocycles. The van der Waals surface area contributed by atoms with E-state index in [0.29, 0.717) is 5.56 Å². The molecular weight excluding hydrogens is 227 g/mol. The summed E-state index contributed by atoms with van der Waals surface area (Å²) in [6.07, 6.45) is -3.68. The molecular formula is C9H6F3NO3. The molecule has 0 spiro atoms. The van der Waals surface area contributed by atoms with Gasteiger partial charge in [0, 0.05) is 6.07 Å². The normalized spacial score (nSPS) is 10.9. The van der Waals surface area contributed by atoms with Gasteiger partial charge in [0.05, 0.1) is 4.92 Å². The van der Waals surface area contributed by atoms with Crippen molar-refractivity contribution in [2.75, 3.05) is 0 Å². The standard InChI is InChI=1S/C9H6F3NO3/c1-2-6-3-4-8(16-9(10,11)12)7(5-6)13(14)15/h2-5H,1H2. The fourth-order valence-corrected chi connectivity index (χ4v) is 1.02. The summed E-state index contributed by atoms with van der Waals surface area (Å²) in [6.45, 7) is 3.35. The van der Waals surface area contributed by atoms with Crippen LogP contribution in [0.15, 0.2) is 24.8 Å². The summed E-state index contributed by atoms with van der Waals surface area (Å²) in [6, 6.07) is 3.07. The van der Waals surface area contributed by atoms with Crippen molar-refractivity contribution in [2.45, 2.75) is 6.36 Å². The molecule has 4 nitrogen and oxygen atoms in total. The highest BCUT2D eigenvalue weighted by molar-refractivity contribution is 5.57. The number of rotatable bonds is 3. The Morgan fingerprint density at radius 1 is 1.44 bits per heavy atom. The molecule has 0 aliphatic rings. The van der Waals surface area contributed by atoms with E-state index in [1.807, 2.05) is 0 Å². The van der Waals surface area contributed by atoms with Crippen LogP contribution in [0.25, 0.3) is 6.08 Å². The second-order valence-electron chi connectivity index (χ2n) is 2.74. The van der Waals surface area contributed by atoms with Crippen molar-refractivity contribution in [3.63, 3.8) is 0 Å². The topological polar surface area (TPSA) is 52.4 Å². The Morgan fingerprint density at radius 3 is 2.50 bits per heavy atom. The van der Waals surface area contributed by atoms with Crippen LogP contribution >= 0.6 is 0 Å². The average molecular weight is 233 g/mol. The number of ether oxygens (including phenoxy) is 1. The Morgan fingerprint density at radius 2 is 2.06 bits per heavy atom. The lowest BCUT2D eigenvalue weighted by molar-refractivity contribution is -0.388. The fourth-order valence-electron chi connectivity index (χ4n) is 1.02. The van der Waals surface area contributed by atoms with Crippen molar-refractivity contribution < 1.29 is 22.8 Å². The number of nitro benzene ring substituents is 1.